The van der Waals surface area contributed by atoms with E-state index >= 15 is 0 Å². The fraction of sp³-hybridized carbons (Fsp3) is 0.259. The predicted molar refractivity (Wildman–Crippen MR) is 129 cm³/mol. The molecule has 35 heavy (non-hydrogen) atoms. The summed E-state index contributed by atoms with van der Waals surface area (Å²) in [6.45, 7) is 0.129. The Balaban J connectivity index is 1.26. The maximum atomic E-state index is 12.8. The smallest absolute Gasteiger partial charge is 0.411 e. The van der Waals surface area contributed by atoms with Crippen LogP contribution in [0.25, 0.3) is 11.1 Å². The number of carboxylic acid groups (broad SMARTS) is 1. The molecule has 3 aromatic rings. The molecule has 0 radical (unpaired) electrons. The Morgan fingerprint density at radius 2 is 1.63 bits per heavy atom. The molecule has 1 atom stereocenters. The first-order valence-corrected chi connectivity index (χ1v) is 11.6. The van der Waals surface area contributed by atoms with E-state index < -0.39 is 24.0 Å². The number of carbonyl (C=O) groups is 3. The van der Waals surface area contributed by atoms with Crippen molar-refractivity contribution in [1.29, 1.82) is 0 Å². The van der Waals surface area contributed by atoms with Gasteiger partial charge in [-0.15, -0.1) is 0 Å². The number of pyridine rings is 1. The van der Waals surface area contributed by atoms with Gasteiger partial charge in [0.05, 0.1) is 5.69 Å². The first-order valence-electron chi connectivity index (χ1n) is 11.6. The number of nitrogens with zero attached hydrogens (tertiary/aromatic N) is 1. The van der Waals surface area contributed by atoms with E-state index in [0.717, 1.165) is 35.1 Å². The van der Waals surface area contributed by atoms with E-state index in [2.05, 4.69) is 27.8 Å². The van der Waals surface area contributed by atoms with Crippen LogP contribution in [0.1, 0.15) is 46.8 Å². The number of aliphatic carboxylic acids is 1. The lowest BCUT2D eigenvalue weighted by atomic mass is 9.98. The van der Waals surface area contributed by atoms with E-state index in [-0.39, 0.29) is 23.9 Å². The third-order valence-electron chi connectivity index (χ3n) is 6.47. The Kier molecular flexibility index (Phi) is 6.18. The molecule has 3 N–H and O–H groups in total. The van der Waals surface area contributed by atoms with Crippen LogP contribution in [0.5, 0.6) is 0 Å². The molecule has 2 amide bonds. The van der Waals surface area contributed by atoms with Crippen LogP contribution in [-0.2, 0) is 9.53 Å². The van der Waals surface area contributed by atoms with Crippen LogP contribution in [0, 0.1) is 5.92 Å². The second kappa shape index (κ2) is 9.58. The highest BCUT2D eigenvalue weighted by atomic mass is 16.5. The monoisotopic (exact) mass is 471 g/mol. The van der Waals surface area contributed by atoms with Crippen molar-refractivity contribution < 1.29 is 24.2 Å². The van der Waals surface area contributed by atoms with Crippen molar-refractivity contribution in [2.45, 2.75) is 31.2 Å². The number of rotatable bonds is 8. The summed E-state index contributed by atoms with van der Waals surface area (Å²) in [6, 6.07) is 18.2. The topological polar surface area (TPSA) is 118 Å². The zero-order chi connectivity index (χ0) is 24.4. The Labute approximate surface area is 202 Å². The fourth-order valence-electron chi connectivity index (χ4n) is 4.57. The van der Waals surface area contributed by atoms with Gasteiger partial charge in [0.1, 0.15) is 12.6 Å². The first kappa shape index (κ1) is 22.6. The summed E-state index contributed by atoms with van der Waals surface area (Å²) in [7, 11) is 0. The number of benzene rings is 2. The van der Waals surface area contributed by atoms with Gasteiger partial charge in [-0.1, -0.05) is 61.4 Å². The molecule has 0 spiro atoms. The lowest BCUT2D eigenvalue weighted by Crippen LogP contribution is -2.41. The summed E-state index contributed by atoms with van der Waals surface area (Å²) < 4.78 is 5.55. The quantitative estimate of drug-likeness (QED) is 0.448. The molecule has 0 saturated heterocycles. The van der Waals surface area contributed by atoms with Crippen molar-refractivity contribution >= 4 is 23.7 Å². The van der Waals surface area contributed by atoms with Crippen LogP contribution in [0.2, 0.25) is 0 Å². The molecule has 0 bridgehead atoms. The Hall–Kier alpha value is -4.20. The molecule has 1 saturated carbocycles. The first-order chi connectivity index (χ1) is 17.0. The Morgan fingerprint density at radius 1 is 0.971 bits per heavy atom. The van der Waals surface area contributed by atoms with Crippen molar-refractivity contribution in [3.8, 4) is 11.1 Å². The average molecular weight is 472 g/mol. The molecule has 1 unspecified atom stereocenters. The summed E-state index contributed by atoms with van der Waals surface area (Å²) >= 11 is 0. The highest BCUT2D eigenvalue weighted by Crippen LogP contribution is 2.44. The lowest BCUT2D eigenvalue weighted by molar-refractivity contribution is -0.139. The van der Waals surface area contributed by atoms with Gasteiger partial charge in [-0.2, -0.15) is 0 Å². The van der Waals surface area contributed by atoms with Crippen LogP contribution in [0.3, 0.4) is 0 Å². The minimum atomic E-state index is -1.09. The predicted octanol–water partition coefficient (Wildman–Crippen LogP) is 4.43. The highest BCUT2D eigenvalue weighted by Gasteiger charge is 2.32. The minimum Gasteiger partial charge on any atom is -0.480 e. The normalized spacial score (nSPS) is 15.0. The van der Waals surface area contributed by atoms with E-state index in [1.54, 1.807) is 6.07 Å². The molecule has 0 aliphatic heterocycles. The number of hydrogen-bond donors (Lipinski definition) is 3. The van der Waals surface area contributed by atoms with Gasteiger partial charge in [-0.3, -0.25) is 10.1 Å². The largest absolute Gasteiger partial charge is 0.480 e. The Bertz CT molecular complexity index is 1240. The molecule has 2 aliphatic rings. The van der Waals surface area contributed by atoms with Crippen LogP contribution in [-0.4, -0.2) is 40.7 Å². The van der Waals surface area contributed by atoms with Crippen molar-refractivity contribution in [2.75, 3.05) is 11.9 Å². The van der Waals surface area contributed by atoms with Crippen LogP contribution >= 0.6 is 0 Å². The van der Waals surface area contributed by atoms with Gasteiger partial charge >= 0.3 is 12.1 Å². The van der Waals surface area contributed by atoms with E-state index in [1.807, 2.05) is 36.4 Å². The van der Waals surface area contributed by atoms with Gasteiger partial charge in [-0.05, 0) is 46.7 Å². The number of ether oxygens (including phenoxy) is 1. The third-order valence-corrected chi connectivity index (χ3v) is 6.47. The standard InChI is InChI=1S/C27H25N3O5/c31-25(29-23(26(32)33)14-16-11-12-16)24-22(10-5-13-28-24)30-27(34)35-15-21-19-8-3-1-6-17(19)18-7-2-4-9-20(18)21/h1-10,13,16,21,23H,11-12,14-15H2,(H,29,31)(H,30,34)(H,32,33). The number of nitrogens with one attached hydrogen (secondary N) is 2. The maximum Gasteiger partial charge on any atom is 0.411 e. The second-order valence-corrected chi connectivity index (χ2v) is 8.89. The molecule has 8 heteroatoms. The summed E-state index contributed by atoms with van der Waals surface area (Å²) in [5.41, 5.74) is 4.53. The molecule has 2 aromatic carbocycles. The fourth-order valence-corrected chi connectivity index (χ4v) is 4.57. The van der Waals surface area contributed by atoms with Crippen LogP contribution in [0.4, 0.5) is 10.5 Å². The molecule has 178 valence electrons. The van der Waals surface area contributed by atoms with Gasteiger partial charge < -0.3 is 15.2 Å². The molecule has 5 rings (SSSR count). The number of anilines is 1. The zero-order valence-electron chi connectivity index (χ0n) is 18.9. The van der Waals surface area contributed by atoms with Gasteiger partial charge in [0, 0.05) is 12.1 Å². The third kappa shape index (κ3) is 4.87. The number of carbonyl (C=O) groups excluding carboxylic acids is 2. The SMILES string of the molecule is O=C(Nc1cccnc1C(=O)NC(CC1CC1)C(=O)O)OCC1c2ccccc2-c2ccccc21. The molecular weight excluding hydrogens is 446 g/mol. The van der Waals surface area contributed by atoms with Crippen molar-refractivity contribution in [3.05, 3.63) is 83.7 Å². The van der Waals surface area contributed by atoms with Gasteiger partial charge in [0.25, 0.3) is 5.91 Å². The van der Waals surface area contributed by atoms with E-state index in [0.29, 0.717) is 12.3 Å². The number of fused-ring (bicyclic) bond motifs is 3. The molecule has 8 nitrogen and oxygen atoms in total. The van der Waals surface area contributed by atoms with Crippen LogP contribution in [0.15, 0.2) is 66.9 Å². The zero-order valence-corrected chi connectivity index (χ0v) is 18.9. The number of hydrogen-bond acceptors (Lipinski definition) is 5. The van der Waals surface area contributed by atoms with Crippen molar-refractivity contribution in [3.63, 3.8) is 0 Å². The molecule has 2 aliphatic carbocycles. The van der Waals surface area contributed by atoms with Gasteiger partial charge in [-0.25, -0.2) is 14.6 Å². The summed E-state index contributed by atoms with van der Waals surface area (Å²) in [6.07, 6.45) is 3.01. The molecule has 1 fully saturated rings. The summed E-state index contributed by atoms with van der Waals surface area (Å²) in [5.74, 6) is -1.53. The molecule has 1 aromatic heterocycles. The molecule has 1 heterocycles. The number of aromatic nitrogens is 1. The number of amides is 2. The molecular formula is C27H25N3O5. The lowest BCUT2D eigenvalue weighted by Gasteiger charge is -2.17. The Morgan fingerprint density at radius 3 is 2.26 bits per heavy atom. The minimum absolute atomic E-state index is 0.0666. The van der Waals surface area contributed by atoms with Crippen LogP contribution < -0.4 is 10.6 Å². The van der Waals surface area contributed by atoms with Gasteiger partial charge in [0.2, 0.25) is 0 Å². The van der Waals surface area contributed by atoms with E-state index in [1.165, 1.54) is 12.3 Å². The maximum absolute atomic E-state index is 12.8. The van der Waals surface area contributed by atoms with E-state index in [9.17, 15) is 19.5 Å². The summed E-state index contributed by atoms with van der Waals surface area (Å²) in [5, 5.41) is 14.6. The van der Waals surface area contributed by atoms with Gasteiger partial charge in [0.15, 0.2) is 5.69 Å². The number of carboxylic acids is 1. The van der Waals surface area contributed by atoms with Crippen molar-refractivity contribution in [2.24, 2.45) is 5.92 Å². The highest BCUT2D eigenvalue weighted by molar-refractivity contribution is 6.02. The average Bonchev–Trinajstić information content (AvgIpc) is 3.63. The van der Waals surface area contributed by atoms with Crippen molar-refractivity contribution in [1.82, 2.24) is 10.3 Å². The summed E-state index contributed by atoms with van der Waals surface area (Å²) in [4.78, 5) is 41.1. The second-order valence-electron chi connectivity index (χ2n) is 8.89. The van der Waals surface area contributed by atoms with E-state index in [4.69, 9.17) is 4.74 Å².